The van der Waals surface area contributed by atoms with E-state index >= 15 is 0 Å². The van der Waals surface area contributed by atoms with Crippen molar-refractivity contribution in [3.8, 4) is 5.75 Å². The lowest BCUT2D eigenvalue weighted by atomic mass is 10.1. The second-order valence-electron chi connectivity index (χ2n) is 7.25. The number of para-hydroxylation sites is 1. The molecule has 0 N–H and O–H groups in total. The van der Waals surface area contributed by atoms with Crippen LogP contribution in [0.15, 0.2) is 56.8 Å². The minimum absolute atomic E-state index is 0.194. The van der Waals surface area contributed by atoms with Crippen LogP contribution >= 0.6 is 15.9 Å². The van der Waals surface area contributed by atoms with Crippen LogP contribution in [0.1, 0.15) is 28.3 Å². The Morgan fingerprint density at radius 1 is 1.16 bits per heavy atom. The lowest BCUT2D eigenvalue weighted by Crippen LogP contribution is -2.20. The average Bonchev–Trinajstić information content (AvgIpc) is 3.00. The van der Waals surface area contributed by atoms with E-state index in [0.29, 0.717) is 23.3 Å². The highest BCUT2D eigenvalue weighted by atomic mass is 79.9. The normalized spacial score (nSPS) is 11.5. The van der Waals surface area contributed by atoms with Crippen molar-refractivity contribution in [3.63, 3.8) is 0 Å². The molecule has 0 atom stereocenters. The summed E-state index contributed by atoms with van der Waals surface area (Å²) in [6.07, 6.45) is 1.66. The maximum Gasteiger partial charge on any atom is 0.282 e. The van der Waals surface area contributed by atoms with E-state index in [9.17, 15) is 4.79 Å². The van der Waals surface area contributed by atoms with Crippen LogP contribution in [0.3, 0.4) is 0 Å². The van der Waals surface area contributed by atoms with Gasteiger partial charge in [-0.2, -0.15) is 14.9 Å². The summed E-state index contributed by atoms with van der Waals surface area (Å²) in [5.74, 6) is 1.29. The summed E-state index contributed by atoms with van der Waals surface area (Å²) in [6, 6.07) is 13.0. The topological polar surface area (TPSA) is 74.3 Å². The minimum Gasteiger partial charge on any atom is -0.496 e. The number of aromatic nitrogens is 4. The van der Waals surface area contributed by atoms with E-state index in [0.717, 1.165) is 32.7 Å². The Kier molecular flexibility index (Phi) is 5.73. The Morgan fingerprint density at radius 3 is 2.65 bits per heavy atom. The lowest BCUT2D eigenvalue weighted by Gasteiger charge is -2.11. The first-order valence-electron chi connectivity index (χ1n) is 9.78. The van der Waals surface area contributed by atoms with Crippen molar-refractivity contribution in [2.75, 3.05) is 7.11 Å². The van der Waals surface area contributed by atoms with Gasteiger partial charge in [0, 0.05) is 5.56 Å². The summed E-state index contributed by atoms with van der Waals surface area (Å²) in [5.41, 5.74) is 4.26. The average molecular weight is 480 g/mol. The predicted octanol–water partition coefficient (Wildman–Crippen LogP) is 4.22. The van der Waals surface area contributed by atoms with Gasteiger partial charge in [-0.05, 0) is 72.6 Å². The third-order valence-electron chi connectivity index (χ3n) is 5.16. The van der Waals surface area contributed by atoms with Crippen LogP contribution in [0.4, 0.5) is 0 Å². The van der Waals surface area contributed by atoms with Crippen LogP contribution in [0.25, 0.3) is 10.9 Å². The molecule has 0 amide bonds. The first-order chi connectivity index (χ1) is 14.9. The van der Waals surface area contributed by atoms with Gasteiger partial charge in [0.1, 0.15) is 11.6 Å². The number of benzene rings is 2. The molecule has 0 bridgehead atoms. The molecule has 2 heterocycles. The quantitative estimate of drug-likeness (QED) is 0.401. The number of hydrogen-bond donors (Lipinski definition) is 0. The van der Waals surface area contributed by atoms with E-state index < -0.39 is 0 Å². The molecule has 0 aliphatic rings. The number of methoxy groups -OCH3 is 1. The standard InChI is InChI=1S/C23H22BrN5O2/c1-14-22(24)15(2)28(27-14)13-18-11-17(9-10-21(18)31-4)12-25-29-16(3)26-20-8-6-5-7-19(20)23(29)30/h5-12H,13H2,1-4H3/b25-12+. The van der Waals surface area contributed by atoms with Crippen LogP contribution in [0, 0.1) is 20.8 Å². The molecule has 4 rings (SSSR count). The van der Waals surface area contributed by atoms with E-state index in [1.54, 1.807) is 26.3 Å². The fraction of sp³-hybridized carbons (Fsp3) is 0.217. The Balaban J connectivity index is 1.70. The zero-order valence-corrected chi connectivity index (χ0v) is 19.3. The first kappa shape index (κ1) is 21.0. The number of aryl methyl sites for hydroxylation is 2. The molecule has 0 radical (unpaired) electrons. The number of rotatable bonds is 5. The number of ether oxygens (including phenoxy) is 1. The molecule has 7 nitrogen and oxygen atoms in total. The van der Waals surface area contributed by atoms with E-state index in [4.69, 9.17) is 4.74 Å². The van der Waals surface area contributed by atoms with Gasteiger partial charge in [0.2, 0.25) is 0 Å². The molecule has 0 unspecified atom stereocenters. The molecule has 4 aromatic rings. The molecular formula is C23H22BrN5O2. The molecular weight excluding hydrogens is 458 g/mol. The summed E-state index contributed by atoms with van der Waals surface area (Å²) in [6.45, 7) is 6.31. The Hall–Kier alpha value is -3.26. The molecule has 0 aliphatic heterocycles. The van der Waals surface area contributed by atoms with Crippen molar-refractivity contribution >= 4 is 33.0 Å². The van der Waals surface area contributed by atoms with Gasteiger partial charge < -0.3 is 4.74 Å². The molecule has 0 saturated carbocycles. The van der Waals surface area contributed by atoms with Gasteiger partial charge in [0.15, 0.2) is 0 Å². The Labute approximate surface area is 188 Å². The maximum atomic E-state index is 12.8. The molecule has 31 heavy (non-hydrogen) atoms. The first-order valence-corrected chi connectivity index (χ1v) is 10.6. The summed E-state index contributed by atoms with van der Waals surface area (Å²) < 4.78 is 9.79. The minimum atomic E-state index is -0.194. The highest BCUT2D eigenvalue weighted by Gasteiger charge is 2.12. The fourth-order valence-corrected chi connectivity index (χ4v) is 3.77. The van der Waals surface area contributed by atoms with Crippen LogP contribution in [-0.4, -0.2) is 32.8 Å². The molecule has 0 saturated heterocycles. The number of fused-ring (bicyclic) bond motifs is 1. The molecule has 0 fully saturated rings. The van der Waals surface area contributed by atoms with Gasteiger partial charge in [-0.3, -0.25) is 9.48 Å². The van der Waals surface area contributed by atoms with Crippen molar-refractivity contribution < 1.29 is 4.74 Å². The molecule has 2 aromatic carbocycles. The summed E-state index contributed by atoms with van der Waals surface area (Å²) in [7, 11) is 1.65. The zero-order chi connectivity index (χ0) is 22.1. The second-order valence-corrected chi connectivity index (χ2v) is 8.04. The van der Waals surface area contributed by atoms with Crippen LogP contribution in [0.2, 0.25) is 0 Å². The maximum absolute atomic E-state index is 12.8. The van der Waals surface area contributed by atoms with Gasteiger partial charge in [0.05, 0.1) is 46.6 Å². The SMILES string of the molecule is COc1ccc(/C=N/n2c(C)nc3ccccc3c2=O)cc1Cn1nc(C)c(Br)c1C. The molecule has 8 heteroatoms. The van der Waals surface area contributed by atoms with E-state index in [-0.39, 0.29) is 5.56 Å². The van der Waals surface area contributed by atoms with E-state index in [1.807, 2.05) is 54.9 Å². The van der Waals surface area contributed by atoms with Crippen LogP contribution < -0.4 is 10.3 Å². The number of halogens is 1. The van der Waals surface area contributed by atoms with Crippen LogP contribution in [-0.2, 0) is 6.54 Å². The van der Waals surface area contributed by atoms with Crippen molar-refractivity contribution in [3.05, 3.63) is 85.6 Å². The van der Waals surface area contributed by atoms with E-state index in [2.05, 4.69) is 31.1 Å². The Bertz CT molecular complexity index is 1370. The third-order valence-corrected chi connectivity index (χ3v) is 6.30. The van der Waals surface area contributed by atoms with Gasteiger partial charge in [-0.25, -0.2) is 4.98 Å². The second kappa shape index (κ2) is 8.47. The third kappa shape index (κ3) is 4.03. The lowest BCUT2D eigenvalue weighted by molar-refractivity contribution is 0.407. The Morgan fingerprint density at radius 2 is 1.94 bits per heavy atom. The van der Waals surface area contributed by atoms with Gasteiger partial charge >= 0.3 is 0 Å². The van der Waals surface area contributed by atoms with E-state index in [1.165, 1.54) is 4.68 Å². The predicted molar refractivity (Wildman–Crippen MR) is 125 cm³/mol. The fourth-order valence-electron chi connectivity index (χ4n) is 3.49. The summed E-state index contributed by atoms with van der Waals surface area (Å²) in [5, 5.41) is 9.53. The highest BCUT2D eigenvalue weighted by Crippen LogP contribution is 2.24. The number of nitrogens with zero attached hydrogens (tertiary/aromatic N) is 5. The summed E-state index contributed by atoms with van der Waals surface area (Å²) in [4.78, 5) is 17.3. The number of hydrogen-bond acceptors (Lipinski definition) is 5. The zero-order valence-electron chi connectivity index (χ0n) is 17.8. The summed E-state index contributed by atoms with van der Waals surface area (Å²) >= 11 is 3.57. The highest BCUT2D eigenvalue weighted by molar-refractivity contribution is 9.10. The molecule has 2 aromatic heterocycles. The molecule has 0 spiro atoms. The monoisotopic (exact) mass is 479 g/mol. The van der Waals surface area contributed by atoms with Crippen molar-refractivity contribution in [2.45, 2.75) is 27.3 Å². The van der Waals surface area contributed by atoms with Crippen molar-refractivity contribution in [1.29, 1.82) is 0 Å². The largest absolute Gasteiger partial charge is 0.496 e. The van der Waals surface area contributed by atoms with Gasteiger partial charge in [-0.1, -0.05) is 12.1 Å². The van der Waals surface area contributed by atoms with Gasteiger partial charge in [0.25, 0.3) is 5.56 Å². The van der Waals surface area contributed by atoms with Gasteiger partial charge in [-0.15, -0.1) is 0 Å². The van der Waals surface area contributed by atoms with Crippen LogP contribution in [0.5, 0.6) is 5.75 Å². The molecule has 0 aliphatic carbocycles. The van der Waals surface area contributed by atoms with Crippen molar-refractivity contribution in [1.82, 2.24) is 19.4 Å². The smallest absolute Gasteiger partial charge is 0.282 e. The molecule has 158 valence electrons. The van der Waals surface area contributed by atoms with Crippen molar-refractivity contribution in [2.24, 2.45) is 5.10 Å².